The van der Waals surface area contributed by atoms with Crippen LogP contribution in [0.4, 0.5) is 4.39 Å². The molecule has 4 rings (SSSR count). The Morgan fingerprint density at radius 2 is 1.76 bits per heavy atom. The molecule has 2 unspecified atom stereocenters. The van der Waals surface area contributed by atoms with Crippen LogP contribution < -0.4 is 5.73 Å². The van der Waals surface area contributed by atoms with Crippen molar-refractivity contribution in [3.05, 3.63) is 83.7 Å². The first-order valence-electron chi connectivity index (χ1n) is 11.7. The van der Waals surface area contributed by atoms with Gasteiger partial charge >= 0.3 is 5.97 Å². The maximum atomic E-state index is 13.7. The van der Waals surface area contributed by atoms with Gasteiger partial charge in [-0.05, 0) is 53.2 Å². The zero-order valence-electron chi connectivity index (χ0n) is 19.2. The molecule has 2 aromatic carbocycles. The van der Waals surface area contributed by atoms with Crippen LogP contribution in [0.15, 0.2) is 66.7 Å². The van der Waals surface area contributed by atoms with Crippen molar-refractivity contribution in [2.45, 2.75) is 57.3 Å². The summed E-state index contributed by atoms with van der Waals surface area (Å²) in [6, 6.07) is 16.7. The van der Waals surface area contributed by atoms with Crippen LogP contribution in [0.25, 0.3) is 11.1 Å². The molecule has 1 aliphatic heterocycles. The molecule has 2 aromatic rings. The molecule has 0 aromatic heterocycles. The number of ether oxygens (including phenoxy) is 1. The van der Waals surface area contributed by atoms with Crippen molar-refractivity contribution in [3.8, 4) is 0 Å². The highest BCUT2D eigenvalue weighted by molar-refractivity contribution is 6.06. The third kappa shape index (κ3) is 5.26. The number of carbonyl (C=O) groups is 1. The van der Waals surface area contributed by atoms with Crippen LogP contribution in [0.5, 0.6) is 0 Å². The summed E-state index contributed by atoms with van der Waals surface area (Å²) in [7, 11) is 0. The number of nitrogens with two attached hydrogens (primary N) is 1. The van der Waals surface area contributed by atoms with Crippen molar-refractivity contribution >= 4 is 17.1 Å². The molecule has 174 valence electrons. The molecule has 0 spiro atoms. The number of allylic oxidation sites excluding steroid dienone is 2. The average molecular weight is 450 g/mol. The monoisotopic (exact) mass is 449 g/mol. The molecule has 1 aliphatic carbocycles. The second kappa shape index (κ2) is 9.62. The molecule has 0 amide bonds. The van der Waals surface area contributed by atoms with E-state index >= 15 is 0 Å². The number of aliphatic hydroxyl groups is 1. The van der Waals surface area contributed by atoms with Gasteiger partial charge in [-0.25, -0.2) is 4.39 Å². The molecular weight excluding hydrogens is 417 g/mol. The number of rotatable bonds is 6. The van der Waals surface area contributed by atoms with Crippen LogP contribution in [0, 0.1) is 17.7 Å². The van der Waals surface area contributed by atoms with Crippen molar-refractivity contribution in [2.75, 3.05) is 0 Å². The average Bonchev–Trinajstić information content (AvgIpc) is 2.78. The molecule has 0 saturated carbocycles. The molecular formula is C28H32FNO3. The summed E-state index contributed by atoms with van der Waals surface area (Å²) < 4.78 is 19.1. The normalized spacial score (nSPS) is 27.7. The Kier molecular flexibility index (Phi) is 6.82. The SMILES string of the molecule is CC(C)C1C=C(c2ccccc2)C(c2ccc(F)cc2)=CC1(N)CC[C@@H]1C[C@@H](O)CC(=O)O1. The Labute approximate surface area is 195 Å². The van der Waals surface area contributed by atoms with E-state index in [4.69, 9.17) is 10.5 Å². The Morgan fingerprint density at radius 1 is 1.09 bits per heavy atom. The van der Waals surface area contributed by atoms with Crippen LogP contribution in [0.1, 0.15) is 50.7 Å². The zero-order valence-corrected chi connectivity index (χ0v) is 19.2. The van der Waals surface area contributed by atoms with Crippen LogP contribution in [-0.2, 0) is 9.53 Å². The van der Waals surface area contributed by atoms with E-state index in [1.165, 1.54) is 12.1 Å². The highest BCUT2D eigenvalue weighted by Gasteiger charge is 2.39. The Morgan fingerprint density at radius 3 is 2.39 bits per heavy atom. The minimum Gasteiger partial charge on any atom is -0.462 e. The Hall–Kier alpha value is -2.76. The lowest BCUT2D eigenvalue weighted by molar-refractivity contribution is -0.160. The molecule has 3 N–H and O–H groups in total. The fraction of sp³-hybridized carbons (Fsp3) is 0.393. The third-order valence-corrected chi connectivity index (χ3v) is 6.76. The van der Waals surface area contributed by atoms with E-state index in [0.717, 1.165) is 22.3 Å². The van der Waals surface area contributed by atoms with Gasteiger partial charge in [-0.1, -0.05) is 68.5 Å². The summed E-state index contributed by atoms with van der Waals surface area (Å²) in [5.41, 5.74) is 10.5. The van der Waals surface area contributed by atoms with Gasteiger partial charge in [0.15, 0.2) is 0 Å². The minimum absolute atomic E-state index is 0.0523. The van der Waals surface area contributed by atoms with Gasteiger partial charge in [-0.3, -0.25) is 4.79 Å². The summed E-state index contributed by atoms with van der Waals surface area (Å²) in [5.74, 6) is -0.305. The van der Waals surface area contributed by atoms with Gasteiger partial charge in [0.25, 0.3) is 0 Å². The molecule has 4 atom stereocenters. The van der Waals surface area contributed by atoms with E-state index in [0.29, 0.717) is 19.3 Å². The van der Waals surface area contributed by atoms with Crippen molar-refractivity contribution in [3.63, 3.8) is 0 Å². The molecule has 0 bridgehead atoms. The van der Waals surface area contributed by atoms with Gasteiger partial charge in [0.05, 0.1) is 12.5 Å². The molecule has 33 heavy (non-hydrogen) atoms. The van der Waals surface area contributed by atoms with Gasteiger partial charge in [0.2, 0.25) is 0 Å². The van der Waals surface area contributed by atoms with Crippen LogP contribution in [-0.4, -0.2) is 28.8 Å². The number of hydrogen-bond donors (Lipinski definition) is 2. The molecule has 1 fully saturated rings. The number of hydrogen-bond acceptors (Lipinski definition) is 4. The number of benzene rings is 2. The summed E-state index contributed by atoms with van der Waals surface area (Å²) in [4.78, 5) is 11.8. The van der Waals surface area contributed by atoms with E-state index in [9.17, 15) is 14.3 Å². The number of esters is 1. The van der Waals surface area contributed by atoms with Gasteiger partial charge < -0.3 is 15.6 Å². The van der Waals surface area contributed by atoms with Crippen molar-refractivity contribution in [1.29, 1.82) is 0 Å². The number of carbonyl (C=O) groups excluding carboxylic acids is 1. The topological polar surface area (TPSA) is 72.5 Å². The summed E-state index contributed by atoms with van der Waals surface area (Å²) in [6.45, 7) is 4.32. The summed E-state index contributed by atoms with van der Waals surface area (Å²) in [6.07, 6.45) is 5.04. The van der Waals surface area contributed by atoms with Gasteiger partial charge in [0.1, 0.15) is 11.9 Å². The van der Waals surface area contributed by atoms with Crippen molar-refractivity contribution in [2.24, 2.45) is 17.6 Å². The van der Waals surface area contributed by atoms with E-state index < -0.39 is 11.6 Å². The molecule has 2 aliphatic rings. The van der Waals surface area contributed by atoms with E-state index in [-0.39, 0.29) is 36.1 Å². The summed E-state index contributed by atoms with van der Waals surface area (Å²) >= 11 is 0. The highest BCUT2D eigenvalue weighted by atomic mass is 19.1. The number of cyclic esters (lactones) is 1. The second-order valence-electron chi connectivity index (χ2n) is 9.64. The van der Waals surface area contributed by atoms with Gasteiger partial charge in [-0.15, -0.1) is 0 Å². The Bertz CT molecular complexity index is 1040. The maximum Gasteiger partial charge on any atom is 0.308 e. The first kappa shape index (κ1) is 23.4. The standard InChI is InChI=1S/C28H32FNO3/c1-18(2)26-16-24(19-6-4-3-5-7-19)25(20-8-10-21(29)11-9-20)17-28(26,30)13-12-23-14-22(31)15-27(32)33-23/h3-11,16-18,22-23,26,31H,12-15,30H2,1-2H3/t22-,23-,26?,28?/m1/s1. The molecule has 5 heteroatoms. The van der Waals surface area contributed by atoms with Crippen LogP contribution in [0.3, 0.4) is 0 Å². The lowest BCUT2D eigenvalue weighted by atomic mass is 9.67. The Balaban J connectivity index is 1.71. The largest absolute Gasteiger partial charge is 0.462 e. The fourth-order valence-electron chi connectivity index (χ4n) is 5.11. The van der Waals surface area contributed by atoms with Gasteiger partial charge in [-0.2, -0.15) is 0 Å². The second-order valence-corrected chi connectivity index (χ2v) is 9.64. The maximum absolute atomic E-state index is 13.7. The molecule has 1 heterocycles. The lowest BCUT2D eigenvalue weighted by Gasteiger charge is -2.42. The van der Waals surface area contributed by atoms with Crippen LogP contribution in [0.2, 0.25) is 0 Å². The summed E-state index contributed by atoms with van der Waals surface area (Å²) in [5, 5.41) is 9.98. The fourth-order valence-corrected chi connectivity index (χ4v) is 5.11. The van der Waals surface area contributed by atoms with E-state index in [1.54, 1.807) is 12.1 Å². The zero-order chi connectivity index (χ0) is 23.6. The molecule has 4 nitrogen and oxygen atoms in total. The van der Waals surface area contributed by atoms with Gasteiger partial charge in [0, 0.05) is 17.9 Å². The van der Waals surface area contributed by atoms with Crippen LogP contribution >= 0.6 is 0 Å². The van der Waals surface area contributed by atoms with E-state index in [1.807, 2.05) is 18.2 Å². The predicted octanol–water partition coefficient (Wildman–Crippen LogP) is 5.12. The number of aliphatic hydroxyl groups excluding tert-OH is 1. The third-order valence-electron chi connectivity index (χ3n) is 6.76. The smallest absolute Gasteiger partial charge is 0.308 e. The lowest BCUT2D eigenvalue weighted by Crippen LogP contribution is -2.49. The highest BCUT2D eigenvalue weighted by Crippen LogP contribution is 2.44. The predicted molar refractivity (Wildman–Crippen MR) is 128 cm³/mol. The van der Waals surface area contributed by atoms with Crippen molar-refractivity contribution < 1.29 is 19.0 Å². The number of halogens is 1. The van der Waals surface area contributed by atoms with Crippen molar-refractivity contribution in [1.82, 2.24) is 0 Å². The first-order chi connectivity index (χ1) is 15.7. The molecule has 0 radical (unpaired) electrons. The molecule has 1 saturated heterocycles. The first-order valence-corrected chi connectivity index (χ1v) is 11.7. The minimum atomic E-state index is -0.676. The van der Waals surface area contributed by atoms with E-state index in [2.05, 4.69) is 38.1 Å². The quantitative estimate of drug-likeness (QED) is 0.600.